The van der Waals surface area contributed by atoms with Crippen molar-refractivity contribution in [3.05, 3.63) is 67.6 Å². The molecule has 0 heterocycles. The molecule has 2 aromatic carbocycles. The highest BCUT2D eigenvalue weighted by Crippen LogP contribution is 2.30. The van der Waals surface area contributed by atoms with E-state index >= 15 is 0 Å². The van der Waals surface area contributed by atoms with Crippen LogP contribution in [0.15, 0.2) is 40.9 Å². The molecular weight excluding hydrogens is 415 g/mol. The van der Waals surface area contributed by atoms with Crippen LogP contribution in [0, 0.1) is 0 Å². The number of halogens is 4. The third-order valence-corrected chi connectivity index (χ3v) is 4.41. The number of hydrogen-bond acceptors (Lipinski definition) is 1. The second-order valence-corrected chi connectivity index (χ2v) is 6.16. The zero-order valence-corrected chi connectivity index (χ0v) is 14.3. The van der Waals surface area contributed by atoms with Crippen LogP contribution in [0.5, 0.6) is 0 Å². The summed E-state index contributed by atoms with van der Waals surface area (Å²) in [6.07, 6.45) is 0. The largest absolute Gasteiger partial charge is 0.289 e. The first-order chi connectivity index (χ1) is 9.02. The molecule has 19 heavy (non-hydrogen) atoms. The molecule has 0 aromatic heterocycles. The lowest BCUT2D eigenvalue weighted by atomic mass is 10.0. The van der Waals surface area contributed by atoms with Crippen LogP contribution in [0.1, 0.15) is 21.5 Å². The van der Waals surface area contributed by atoms with Crippen molar-refractivity contribution in [2.75, 3.05) is 0 Å². The monoisotopic (exact) mass is 420 g/mol. The van der Waals surface area contributed by atoms with Crippen molar-refractivity contribution in [2.45, 2.75) is 5.33 Å². The van der Waals surface area contributed by atoms with E-state index in [-0.39, 0.29) is 5.78 Å². The Morgan fingerprint density at radius 2 is 1.74 bits per heavy atom. The zero-order chi connectivity index (χ0) is 14.0. The molecule has 0 fully saturated rings. The van der Waals surface area contributed by atoms with Crippen LogP contribution < -0.4 is 0 Å². The van der Waals surface area contributed by atoms with Crippen LogP contribution in [0.25, 0.3) is 0 Å². The van der Waals surface area contributed by atoms with Gasteiger partial charge in [-0.25, -0.2) is 0 Å². The first-order valence-corrected chi connectivity index (χ1v) is 8.04. The van der Waals surface area contributed by atoms with Crippen molar-refractivity contribution in [3.63, 3.8) is 0 Å². The molecular formula is C14H8Br2Cl2O. The second kappa shape index (κ2) is 6.40. The van der Waals surface area contributed by atoms with Crippen LogP contribution in [0.2, 0.25) is 10.0 Å². The first kappa shape index (κ1) is 15.0. The minimum atomic E-state index is -0.130. The molecule has 0 saturated carbocycles. The topological polar surface area (TPSA) is 17.1 Å². The molecule has 0 unspecified atom stereocenters. The Kier molecular flexibility index (Phi) is 5.07. The summed E-state index contributed by atoms with van der Waals surface area (Å²) < 4.78 is 0.689. The van der Waals surface area contributed by atoms with Crippen molar-refractivity contribution >= 4 is 60.8 Å². The molecule has 2 rings (SSSR count). The third kappa shape index (κ3) is 3.40. The molecule has 0 N–H and O–H groups in total. The van der Waals surface area contributed by atoms with Gasteiger partial charge in [-0.05, 0) is 57.9 Å². The summed E-state index contributed by atoms with van der Waals surface area (Å²) >= 11 is 18.8. The van der Waals surface area contributed by atoms with Crippen molar-refractivity contribution in [2.24, 2.45) is 0 Å². The Morgan fingerprint density at radius 1 is 1.11 bits per heavy atom. The number of benzene rings is 2. The van der Waals surface area contributed by atoms with Gasteiger partial charge in [-0.3, -0.25) is 4.79 Å². The number of carbonyl (C=O) groups excluding carboxylic acids is 1. The normalized spacial score (nSPS) is 10.5. The lowest BCUT2D eigenvalue weighted by molar-refractivity contribution is 0.103. The van der Waals surface area contributed by atoms with Gasteiger partial charge in [0.1, 0.15) is 0 Å². The van der Waals surface area contributed by atoms with Gasteiger partial charge in [0, 0.05) is 20.4 Å². The van der Waals surface area contributed by atoms with Gasteiger partial charge in [-0.2, -0.15) is 0 Å². The van der Waals surface area contributed by atoms with Crippen molar-refractivity contribution in [1.29, 1.82) is 0 Å². The van der Waals surface area contributed by atoms with Crippen LogP contribution in [0.3, 0.4) is 0 Å². The van der Waals surface area contributed by atoms with E-state index in [0.29, 0.717) is 31.0 Å². The number of rotatable bonds is 3. The molecule has 0 saturated heterocycles. The van der Waals surface area contributed by atoms with Crippen LogP contribution in [-0.2, 0) is 5.33 Å². The van der Waals surface area contributed by atoms with E-state index < -0.39 is 0 Å². The number of ketones is 1. The van der Waals surface area contributed by atoms with Crippen LogP contribution in [0.4, 0.5) is 0 Å². The van der Waals surface area contributed by atoms with Crippen LogP contribution in [-0.4, -0.2) is 5.78 Å². The van der Waals surface area contributed by atoms with E-state index in [2.05, 4.69) is 31.9 Å². The quantitative estimate of drug-likeness (QED) is 0.445. The van der Waals surface area contributed by atoms with Gasteiger partial charge in [0.2, 0.25) is 0 Å². The average Bonchev–Trinajstić information content (AvgIpc) is 2.38. The number of carbonyl (C=O) groups is 1. The third-order valence-electron chi connectivity index (χ3n) is 2.59. The fourth-order valence-corrected chi connectivity index (χ4v) is 3.24. The number of alkyl halides is 1. The first-order valence-electron chi connectivity index (χ1n) is 5.37. The van der Waals surface area contributed by atoms with E-state index in [1.807, 2.05) is 6.07 Å². The van der Waals surface area contributed by atoms with Gasteiger partial charge in [-0.1, -0.05) is 39.1 Å². The van der Waals surface area contributed by atoms with Gasteiger partial charge in [0.25, 0.3) is 0 Å². The second-order valence-electron chi connectivity index (χ2n) is 3.90. The molecule has 1 nitrogen and oxygen atoms in total. The van der Waals surface area contributed by atoms with E-state index in [1.54, 1.807) is 30.3 Å². The van der Waals surface area contributed by atoms with Crippen molar-refractivity contribution < 1.29 is 4.79 Å². The van der Waals surface area contributed by atoms with Gasteiger partial charge in [-0.15, -0.1) is 0 Å². The molecule has 0 amide bonds. The Morgan fingerprint density at radius 3 is 2.26 bits per heavy atom. The molecule has 2 aromatic rings. The van der Waals surface area contributed by atoms with Gasteiger partial charge < -0.3 is 0 Å². The maximum absolute atomic E-state index is 12.4. The molecule has 0 spiro atoms. The van der Waals surface area contributed by atoms with Crippen molar-refractivity contribution in [1.82, 2.24) is 0 Å². The summed E-state index contributed by atoms with van der Waals surface area (Å²) in [4.78, 5) is 12.4. The zero-order valence-electron chi connectivity index (χ0n) is 9.59. The summed E-state index contributed by atoms with van der Waals surface area (Å²) in [5.41, 5.74) is 2.02. The summed E-state index contributed by atoms with van der Waals surface area (Å²) in [5, 5.41) is 1.71. The highest BCUT2D eigenvalue weighted by atomic mass is 79.9. The minimum Gasteiger partial charge on any atom is -0.289 e. The highest BCUT2D eigenvalue weighted by molar-refractivity contribution is 9.10. The van der Waals surface area contributed by atoms with Crippen LogP contribution >= 0.6 is 55.1 Å². The molecule has 0 aliphatic carbocycles. The molecule has 0 aliphatic heterocycles. The van der Waals surface area contributed by atoms with Gasteiger partial charge in [0.05, 0.1) is 10.6 Å². The van der Waals surface area contributed by atoms with Crippen molar-refractivity contribution in [3.8, 4) is 0 Å². The Balaban J connectivity index is 2.47. The molecule has 0 bridgehead atoms. The average molecular weight is 423 g/mol. The van der Waals surface area contributed by atoms with Gasteiger partial charge >= 0.3 is 0 Å². The minimum absolute atomic E-state index is 0.130. The van der Waals surface area contributed by atoms with E-state index in [1.165, 1.54) is 0 Å². The molecule has 98 valence electrons. The molecule has 5 heteroatoms. The highest BCUT2D eigenvalue weighted by Gasteiger charge is 2.17. The lowest BCUT2D eigenvalue weighted by Gasteiger charge is -2.08. The predicted octanol–water partition coefficient (Wildman–Crippen LogP) is 5.88. The SMILES string of the molecule is O=C(c1ccc(Cl)cc1)c1c(Cl)cc(CBr)cc1Br. The van der Waals surface area contributed by atoms with E-state index in [4.69, 9.17) is 23.2 Å². The molecule has 0 atom stereocenters. The standard InChI is InChI=1S/C14H8Br2Cl2O/c15-7-8-5-11(16)13(12(18)6-8)14(19)9-1-3-10(17)4-2-9/h1-6H,7H2. The molecule has 0 radical (unpaired) electrons. The number of hydrogen-bond donors (Lipinski definition) is 0. The smallest absolute Gasteiger partial charge is 0.195 e. The summed E-state index contributed by atoms with van der Waals surface area (Å²) in [7, 11) is 0. The maximum atomic E-state index is 12.4. The molecule has 0 aliphatic rings. The Labute approximate surface area is 138 Å². The lowest BCUT2D eigenvalue weighted by Crippen LogP contribution is -2.04. The summed E-state index contributed by atoms with van der Waals surface area (Å²) in [6, 6.07) is 10.4. The Bertz CT molecular complexity index is 601. The summed E-state index contributed by atoms with van der Waals surface area (Å²) in [5.74, 6) is -0.130. The Hall–Kier alpha value is -0.350. The fraction of sp³-hybridized carbons (Fsp3) is 0.0714. The maximum Gasteiger partial charge on any atom is 0.195 e. The summed E-state index contributed by atoms with van der Waals surface area (Å²) in [6.45, 7) is 0. The van der Waals surface area contributed by atoms with E-state index in [9.17, 15) is 4.79 Å². The fourth-order valence-electron chi connectivity index (χ4n) is 1.67. The van der Waals surface area contributed by atoms with E-state index in [0.717, 1.165) is 5.56 Å². The predicted molar refractivity (Wildman–Crippen MR) is 86.7 cm³/mol. The van der Waals surface area contributed by atoms with Gasteiger partial charge in [0.15, 0.2) is 5.78 Å².